The van der Waals surface area contributed by atoms with E-state index in [1.165, 1.54) is 18.2 Å². The Kier molecular flexibility index (Phi) is 7.96. The van der Waals surface area contributed by atoms with Gasteiger partial charge in [0.25, 0.3) is 5.91 Å². The Bertz CT molecular complexity index is 829. The number of esters is 1. The van der Waals surface area contributed by atoms with Gasteiger partial charge in [-0.05, 0) is 48.4 Å². The zero-order chi connectivity index (χ0) is 20.4. The van der Waals surface area contributed by atoms with Crippen LogP contribution in [0.1, 0.15) is 24.1 Å². The van der Waals surface area contributed by atoms with Gasteiger partial charge in [0.1, 0.15) is 18.2 Å². The lowest BCUT2D eigenvalue weighted by atomic mass is 10.1. The van der Waals surface area contributed by atoms with Crippen LogP contribution in [0.4, 0.5) is 4.39 Å². The van der Waals surface area contributed by atoms with E-state index in [0.29, 0.717) is 12.4 Å². The predicted molar refractivity (Wildman–Crippen MR) is 105 cm³/mol. The van der Waals surface area contributed by atoms with Gasteiger partial charge < -0.3 is 14.8 Å². The molecule has 0 fully saturated rings. The fourth-order valence-electron chi connectivity index (χ4n) is 2.30. The van der Waals surface area contributed by atoms with Crippen molar-refractivity contribution in [1.82, 2.24) is 5.32 Å². The molecule has 0 aliphatic heterocycles. The highest BCUT2D eigenvalue weighted by Gasteiger charge is 2.11. The van der Waals surface area contributed by atoms with Crippen LogP contribution in [0.3, 0.4) is 0 Å². The van der Waals surface area contributed by atoms with Gasteiger partial charge in [0.15, 0.2) is 6.61 Å². The molecular weight excluding hydrogens is 361 g/mol. The largest absolute Gasteiger partial charge is 0.490 e. The molecule has 2 rings (SSSR count). The number of amides is 1. The van der Waals surface area contributed by atoms with Crippen molar-refractivity contribution in [2.24, 2.45) is 0 Å². The van der Waals surface area contributed by atoms with Crippen LogP contribution < -0.4 is 10.1 Å². The summed E-state index contributed by atoms with van der Waals surface area (Å²) >= 11 is 0. The summed E-state index contributed by atoms with van der Waals surface area (Å²) in [5.74, 6) is -0.715. The summed E-state index contributed by atoms with van der Waals surface area (Å²) < 4.78 is 23.2. The summed E-state index contributed by atoms with van der Waals surface area (Å²) in [6.07, 6.45) is 4.48. The van der Waals surface area contributed by atoms with Crippen molar-refractivity contribution in [2.45, 2.75) is 13.0 Å². The van der Waals surface area contributed by atoms with E-state index in [-0.39, 0.29) is 11.9 Å². The van der Waals surface area contributed by atoms with E-state index in [0.717, 1.165) is 11.1 Å². The van der Waals surface area contributed by atoms with Crippen molar-refractivity contribution >= 4 is 18.0 Å². The molecule has 0 unspecified atom stereocenters. The van der Waals surface area contributed by atoms with E-state index in [1.54, 1.807) is 55.5 Å². The molecule has 1 atom stereocenters. The Morgan fingerprint density at radius 2 is 1.82 bits per heavy atom. The Labute approximate surface area is 163 Å². The van der Waals surface area contributed by atoms with Crippen molar-refractivity contribution in [3.05, 3.63) is 84.2 Å². The molecule has 0 saturated carbocycles. The van der Waals surface area contributed by atoms with Crippen molar-refractivity contribution in [1.29, 1.82) is 0 Å². The van der Waals surface area contributed by atoms with Gasteiger partial charge in [0, 0.05) is 6.08 Å². The molecule has 0 heterocycles. The van der Waals surface area contributed by atoms with Crippen molar-refractivity contribution < 1.29 is 23.5 Å². The lowest BCUT2D eigenvalue weighted by molar-refractivity contribution is -0.144. The fourth-order valence-corrected chi connectivity index (χ4v) is 2.30. The van der Waals surface area contributed by atoms with E-state index >= 15 is 0 Å². The van der Waals surface area contributed by atoms with Crippen molar-refractivity contribution in [3.63, 3.8) is 0 Å². The molecule has 6 heteroatoms. The Morgan fingerprint density at radius 3 is 2.46 bits per heavy atom. The maximum Gasteiger partial charge on any atom is 0.331 e. The monoisotopic (exact) mass is 383 g/mol. The minimum atomic E-state index is -0.628. The summed E-state index contributed by atoms with van der Waals surface area (Å²) in [5, 5.41) is 2.68. The lowest BCUT2D eigenvalue weighted by Crippen LogP contribution is -2.30. The summed E-state index contributed by atoms with van der Waals surface area (Å²) in [6.45, 7) is 5.36. The number of halogens is 1. The molecule has 0 radical (unpaired) electrons. The Hall–Kier alpha value is -3.41. The van der Waals surface area contributed by atoms with Crippen molar-refractivity contribution in [3.8, 4) is 5.75 Å². The van der Waals surface area contributed by atoms with E-state index in [1.807, 2.05) is 0 Å². The number of hydrogen-bond acceptors (Lipinski definition) is 4. The Balaban J connectivity index is 1.76. The molecule has 1 N–H and O–H groups in total. The molecule has 5 nitrogen and oxygen atoms in total. The highest BCUT2D eigenvalue weighted by Crippen LogP contribution is 2.14. The third kappa shape index (κ3) is 7.07. The molecule has 0 aromatic heterocycles. The standard InChI is InChI=1S/C22H22FNO4/c1-3-14-27-20-11-4-17(5-12-20)6-13-22(26)28-15-21(25)24-16(2)18-7-9-19(23)10-8-18/h3-13,16H,1,14-15H2,2H3,(H,24,25)/b13-6+/t16-/m0/s1. The quantitative estimate of drug-likeness (QED) is 0.406. The van der Waals surface area contributed by atoms with Gasteiger partial charge in [-0.2, -0.15) is 0 Å². The van der Waals surface area contributed by atoms with Crippen LogP contribution in [0.25, 0.3) is 6.08 Å². The molecular formula is C22H22FNO4. The van der Waals surface area contributed by atoms with Crippen LogP contribution in [0.2, 0.25) is 0 Å². The molecule has 1 amide bonds. The van der Waals surface area contributed by atoms with Gasteiger partial charge in [-0.15, -0.1) is 0 Å². The van der Waals surface area contributed by atoms with Crippen LogP contribution in [-0.2, 0) is 14.3 Å². The number of nitrogens with one attached hydrogen (secondary N) is 1. The van der Waals surface area contributed by atoms with Crippen LogP contribution in [0.15, 0.2) is 67.3 Å². The highest BCUT2D eigenvalue weighted by atomic mass is 19.1. The maximum absolute atomic E-state index is 12.9. The second kappa shape index (κ2) is 10.7. The zero-order valence-electron chi connectivity index (χ0n) is 15.6. The highest BCUT2D eigenvalue weighted by molar-refractivity contribution is 5.89. The minimum Gasteiger partial charge on any atom is -0.490 e. The topological polar surface area (TPSA) is 64.6 Å². The third-order valence-electron chi connectivity index (χ3n) is 3.75. The lowest BCUT2D eigenvalue weighted by Gasteiger charge is -2.14. The molecule has 28 heavy (non-hydrogen) atoms. The first-order chi connectivity index (χ1) is 13.5. The average Bonchev–Trinajstić information content (AvgIpc) is 2.70. The molecule has 0 saturated heterocycles. The van der Waals surface area contributed by atoms with Crippen LogP contribution in [0, 0.1) is 5.82 Å². The number of ether oxygens (including phenoxy) is 2. The zero-order valence-corrected chi connectivity index (χ0v) is 15.6. The van der Waals surface area contributed by atoms with Gasteiger partial charge >= 0.3 is 5.97 Å². The molecule has 0 aliphatic rings. The summed E-state index contributed by atoms with van der Waals surface area (Å²) in [5.41, 5.74) is 1.54. The number of carbonyl (C=O) groups excluding carboxylic acids is 2. The van der Waals surface area contributed by atoms with Gasteiger partial charge in [0.05, 0.1) is 6.04 Å². The number of rotatable bonds is 9. The summed E-state index contributed by atoms with van der Waals surface area (Å²) in [6, 6.07) is 12.6. The predicted octanol–water partition coefficient (Wildman–Crippen LogP) is 3.82. The maximum atomic E-state index is 12.9. The molecule has 0 spiro atoms. The smallest absolute Gasteiger partial charge is 0.331 e. The first kappa shape index (κ1) is 20.9. The SMILES string of the molecule is C=CCOc1ccc(/C=C/C(=O)OCC(=O)N[C@@H](C)c2ccc(F)cc2)cc1. The number of hydrogen-bond donors (Lipinski definition) is 1. The first-order valence-corrected chi connectivity index (χ1v) is 8.71. The summed E-state index contributed by atoms with van der Waals surface area (Å²) in [4.78, 5) is 23.6. The molecule has 0 aliphatic carbocycles. The van der Waals surface area contributed by atoms with Gasteiger partial charge in [-0.25, -0.2) is 9.18 Å². The molecule has 0 bridgehead atoms. The molecule has 2 aromatic carbocycles. The van der Waals surface area contributed by atoms with Crippen LogP contribution in [0.5, 0.6) is 5.75 Å². The Morgan fingerprint density at radius 1 is 1.14 bits per heavy atom. The normalized spacial score (nSPS) is 11.6. The molecule has 2 aromatic rings. The van der Waals surface area contributed by atoms with Gasteiger partial charge in [-0.3, -0.25) is 4.79 Å². The fraction of sp³-hybridized carbons (Fsp3) is 0.182. The summed E-state index contributed by atoms with van der Waals surface area (Å²) in [7, 11) is 0. The van der Waals surface area contributed by atoms with E-state index in [2.05, 4.69) is 11.9 Å². The average molecular weight is 383 g/mol. The van der Waals surface area contributed by atoms with Gasteiger partial charge in [-0.1, -0.05) is 36.9 Å². The minimum absolute atomic E-state index is 0.329. The van der Waals surface area contributed by atoms with E-state index in [9.17, 15) is 14.0 Å². The second-order valence-electron chi connectivity index (χ2n) is 5.95. The van der Waals surface area contributed by atoms with E-state index in [4.69, 9.17) is 9.47 Å². The van der Waals surface area contributed by atoms with Gasteiger partial charge in [0.2, 0.25) is 0 Å². The number of carbonyl (C=O) groups is 2. The van der Waals surface area contributed by atoms with Crippen LogP contribution in [-0.4, -0.2) is 25.1 Å². The number of benzene rings is 2. The third-order valence-corrected chi connectivity index (χ3v) is 3.75. The van der Waals surface area contributed by atoms with Crippen molar-refractivity contribution in [2.75, 3.05) is 13.2 Å². The second-order valence-corrected chi connectivity index (χ2v) is 5.95. The first-order valence-electron chi connectivity index (χ1n) is 8.71. The van der Waals surface area contributed by atoms with E-state index < -0.39 is 18.5 Å². The van der Waals surface area contributed by atoms with Crippen LogP contribution >= 0.6 is 0 Å². The molecule has 146 valence electrons.